The van der Waals surface area contributed by atoms with Gasteiger partial charge in [0.25, 0.3) is 15.9 Å². The fraction of sp³-hybridized carbons (Fsp3) is 0.133. The highest BCUT2D eigenvalue weighted by Gasteiger charge is 2.14. The van der Waals surface area contributed by atoms with Crippen molar-refractivity contribution in [1.29, 1.82) is 0 Å². The predicted octanol–water partition coefficient (Wildman–Crippen LogP) is 2.04. The summed E-state index contributed by atoms with van der Waals surface area (Å²) in [6.07, 6.45) is 0. The summed E-state index contributed by atoms with van der Waals surface area (Å²) in [5, 5.41) is 0.565. The second-order valence-corrected chi connectivity index (χ2v) is 6.78. The maximum absolute atomic E-state index is 11.9. The highest BCUT2D eigenvalue weighted by molar-refractivity contribution is 7.89. The molecule has 1 amide bonds. The average molecular weight is 355 g/mol. The van der Waals surface area contributed by atoms with Crippen LogP contribution in [0.1, 0.15) is 5.56 Å². The Kier molecular flexibility index (Phi) is 5.59. The van der Waals surface area contributed by atoms with Gasteiger partial charge in [-0.3, -0.25) is 10.2 Å². The standard InChI is InChI=1S/C15H15ClN2O4S/c1-11-9-12(16)7-8-14(11)22-10-15(19)17-18-23(20,21)13-5-3-2-4-6-13/h2-9,18H,10H2,1H3,(H,17,19). The number of hydrazine groups is 1. The molecule has 0 radical (unpaired) electrons. The molecule has 6 nitrogen and oxygen atoms in total. The molecule has 0 fully saturated rings. The monoisotopic (exact) mass is 354 g/mol. The van der Waals surface area contributed by atoms with Gasteiger partial charge in [0.2, 0.25) is 0 Å². The molecule has 0 unspecified atom stereocenters. The maximum Gasteiger partial charge on any atom is 0.272 e. The van der Waals surface area contributed by atoms with E-state index in [1.54, 1.807) is 43.3 Å². The first-order valence-corrected chi connectivity index (χ1v) is 8.49. The Morgan fingerprint density at radius 2 is 1.87 bits per heavy atom. The van der Waals surface area contributed by atoms with E-state index >= 15 is 0 Å². The van der Waals surface area contributed by atoms with Crippen molar-refractivity contribution in [2.75, 3.05) is 6.61 Å². The van der Waals surface area contributed by atoms with Crippen LogP contribution in [-0.4, -0.2) is 20.9 Å². The lowest BCUT2D eigenvalue weighted by molar-refractivity contribution is -0.123. The van der Waals surface area contributed by atoms with Gasteiger partial charge in [-0.15, -0.1) is 4.83 Å². The van der Waals surface area contributed by atoms with Crippen molar-refractivity contribution in [1.82, 2.24) is 10.3 Å². The van der Waals surface area contributed by atoms with Crippen LogP contribution < -0.4 is 15.0 Å². The minimum Gasteiger partial charge on any atom is -0.483 e. The molecule has 0 aliphatic heterocycles. The van der Waals surface area contributed by atoms with Crippen molar-refractivity contribution in [3.8, 4) is 5.75 Å². The molecule has 2 aromatic rings. The molecular formula is C15H15ClN2O4S. The molecule has 0 atom stereocenters. The lowest BCUT2D eigenvalue weighted by Gasteiger charge is -2.11. The van der Waals surface area contributed by atoms with E-state index in [0.717, 1.165) is 5.56 Å². The van der Waals surface area contributed by atoms with Gasteiger partial charge in [-0.25, -0.2) is 8.42 Å². The van der Waals surface area contributed by atoms with Crippen LogP contribution in [0.15, 0.2) is 53.4 Å². The lowest BCUT2D eigenvalue weighted by Crippen LogP contribution is -2.43. The number of nitrogens with one attached hydrogen (secondary N) is 2. The van der Waals surface area contributed by atoms with E-state index in [2.05, 4.69) is 5.43 Å². The van der Waals surface area contributed by atoms with Crippen LogP contribution in [0.25, 0.3) is 0 Å². The van der Waals surface area contributed by atoms with Gasteiger partial charge in [0.1, 0.15) is 5.75 Å². The highest BCUT2D eigenvalue weighted by atomic mass is 35.5. The number of hydrogen-bond donors (Lipinski definition) is 2. The number of amides is 1. The highest BCUT2D eigenvalue weighted by Crippen LogP contribution is 2.21. The molecule has 0 aliphatic carbocycles. The van der Waals surface area contributed by atoms with Gasteiger partial charge in [-0.2, -0.15) is 0 Å². The quantitative estimate of drug-likeness (QED) is 0.777. The number of carbonyl (C=O) groups excluding carboxylic acids is 1. The number of aryl methyl sites for hydroxylation is 1. The smallest absolute Gasteiger partial charge is 0.272 e. The molecule has 2 aromatic carbocycles. The first-order valence-electron chi connectivity index (χ1n) is 6.63. The minimum atomic E-state index is -3.81. The van der Waals surface area contributed by atoms with Gasteiger partial charge in [-0.05, 0) is 42.8 Å². The molecule has 0 saturated heterocycles. The molecular weight excluding hydrogens is 340 g/mol. The molecule has 8 heteroatoms. The molecule has 0 aromatic heterocycles. The van der Waals surface area contributed by atoms with E-state index in [1.165, 1.54) is 12.1 Å². The summed E-state index contributed by atoms with van der Waals surface area (Å²) in [4.78, 5) is 13.7. The molecule has 122 valence electrons. The number of rotatable bonds is 6. The summed E-state index contributed by atoms with van der Waals surface area (Å²) in [6.45, 7) is 1.46. The zero-order chi connectivity index (χ0) is 16.9. The lowest BCUT2D eigenvalue weighted by atomic mass is 10.2. The van der Waals surface area contributed by atoms with Gasteiger partial charge >= 0.3 is 0 Å². The van der Waals surface area contributed by atoms with Gasteiger partial charge in [0, 0.05) is 5.02 Å². The molecule has 23 heavy (non-hydrogen) atoms. The summed E-state index contributed by atoms with van der Waals surface area (Å²) in [7, 11) is -3.81. The Balaban J connectivity index is 1.88. The number of sulfonamides is 1. The van der Waals surface area contributed by atoms with Gasteiger partial charge in [0.15, 0.2) is 6.61 Å². The van der Waals surface area contributed by atoms with Crippen molar-refractivity contribution in [2.24, 2.45) is 0 Å². The first kappa shape index (κ1) is 17.3. The van der Waals surface area contributed by atoms with E-state index in [1.807, 2.05) is 4.83 Å². The van der Waals surface area contributed by atoms with E-state index in [-0.39, 0.29) is 11.5 Å². The zero-order valence-electron chi connectivity index (χ0n) is 12.2. The SMILES string of the molecule is Cc1cc(Cl)ccc1OCC(=O)NNS(=O)(=O)c1ccccc1. The van der Waals surface area contributed by atoms with Gasteiger partial charge < -0.3 is 4.74 Å². The van der Waals surface area contributed by atoms with E-state index in [4.69, 9.17) is 16.3 Å². The Morgan fingerprint density at radius 1 is 1.17 bits per heavy atom. The minimum absolute atomic E-state index is 0.0507. The van der Waals surface area contributed by atoms with Crippen LogP contribution >= 0.6 is 11.6 Å². The van der Waals surface area contributed by atoms with Crippen LogP contribution in [0.5, 0.6) is 5.75 Å². The maximum atomic E-state index is 11.9. The van der Waals surface area contributed by atoms with Crippen LogP contribution in [0.3, 0.4) is 0 Å². The first-order chi connectivity index (χ1) is 10.9. The number of benzene rings is 2. The van der Waals surface area contributed by atoms with Crippen LogP contribution in [-0.2, 0) is 14.8 Å². The predicted molar refractivity (Wildman–Crippen MR) is 86.6 cm³/mol. The Morgan fingerprint density at radius 3 is 2.52 bits per heavy atom. The van der Waals surface area contributed by atoms with Gasteiger partial charge in [0.05, 0.1) is 4.90 Å². The van der Waals surface area contributed by atoms with E-state index < -0.39 is 15.9 Å². The molecule has 0 heterocycles. The molecule has 0 spiro atoms. The van der Waals surface area contributed by atoms with Crippen molar-refractivity contribution < 1.29 is 17.9 Å². The number of ether oxygens (including phenoxy) is 1. The Bertz CT molecular complexity index is 794. The van der Waals surface area contributed by atoms with E-state index in [9.17, 15) is 13.2 Å². The zero-order valence-corrected chi connectivity index (χ0v) is 13.8. The van der Waals surface area contributed by atoms with Crippen LogP contribution in [0.4, 0.5) is 0 Å². The van der Waals surface area contributed by atoms with Crippen molar-refractivity contribution in [2.45, 2.75) is 11.8 Å². The fourth-order valence-corrected chi connectivity index (χ4v) is 2.84. The molecule has 2 N–H and O–H groups in total. The number of hydrogen-bond acceptors (Lipinski definition) is 4. The molecule has 0 bridgehead atoms. The molecule has 2 rings (SSSR count). The normalized spacial score (nSPS) is 11.0. The third-order valence-electron chi connectivity index (χ3n) is 2.87. The summed E-state index contributed by atoms with van der Waals surface area (Å²) in [5.41, 5.74) is 2.87. The topological polar surface area (TPSA) is 84.5 Å². The average Bonchev–Trinajstić information content (AvgIpc) is 2.53. The number of halogens is 1. The van der Waals surface area contributed by atoms with E-state index in [0.29, 0.717) is 10.8 Å². The third kappa shape index (κ3) is 4.95. The summed E-state index contributed by atoms with van der Waals surface area (Å²) in [5.74, 6) is -0.130. The Hall–Kier alpha value is -2.09. The van der Waals surface area contributed by atoms with Crippen LogP contribution in [0, 0.1) is 6.92 Å². The summed E-state index contributed by atoms with van der Waals surface area (Å²) < 4.78 is 29.2. The van der Waals surface area contributed by atoms with Crippen molar-refractivity contribution in [3.63, 3.8) is 0 Å². The Labute approximate surface area is 139 Å². The fourth-order valence-electron chi connectivity index (χ4n) is 1.74. The summed E-state index contributed by atoms with van der Waals surface area (Å²) in [6, 6.07) is 12.7. The largest absolute Gasteiger partial charge is 0.483 e. The second-order valence-electron chi connectivity index (χ2n) is 4.67. The van der Waals surface area contributed by atoms with Crippen molar-refractivity contribution in [3.05, 3.63) is 59.1 Å². The molecule has 0 aliphatic rings. The number of carbonyl (C=O) groups is 1. The second kappa shape index (κ2) is 7.45. The summed E-state index contributed by atoms with van der Waals surface area (Å²) >= 11 is 5.83. The van der Waals surface area contributed by atoms with Crippen LogP contribution in [0.2, 0.25) is 5.02 Å². The van der Waals surface area contributed by atoms with Crippen molar-refractivity contribution >= 4 is 27.5 Å². The third-order valence-corrected chi connectivity index (χ3v) is 4.37. The van der Waals surface area contributed by atoms with Gasteiger partial charge in [-0.1, -0.05) is 29.8 Å². The molecule has 0 saturated carbocycles.